The van der Waals surface area contributed by atoms with Crippen LogP contribution in [0.25, 0.3) is 0 Å². The van der Waals surface area contributed by atoms with Gasteiger partial charge in [0.05, 0.1) is 5.41 Å². The second-order valence-corrected chi connectivity index (χ2v) is 4.84. The van der Waals surface area contributed by atoms with Crippen LogP contribution < -0.4 is 11.1 Å². The van der Waals surface area contributed by atoms with Crippen molar-refractivity contribution >= 4 is 27.5 Å². The maximum Gasteiger partial charge on any atom is 0.236 e. The molecule has 1 spiro atoms. The molecule has 3 nitrogen and oxygen atoms in total. The number of hydrogen-bond donors (Lipinski definition) is 2. The van der Waals surface area contributed by atoms with Crippen molar-refractivity contribution in [2.75, 3.05) is 5.32 Å². The van der Waals surface area contributed by atoms with Crippen LogP contribution in [0.2, 0.25) is 0 Å². The molecule has 1 aromatic rings. The Morgan fingerprint density at radius 3 is 2.93 bits per heavy atom. The molecule has 2 atom stereocenters. The number of anilines is 1. The lowest BCUT2D eigenvalue weighted by Gasteiger charge is -2.05. The number of carbonyl (C=O) groups excluding carboxylic acids is 1. The van der Waals surface area contributed by atoms with Crippen LogP contribution in [-0.4, -0.2) is 11.9 Å². The van der Waals surface area contributed by atoms with Gasteiger partial charge in [-0.1, -0.05) is 15.9 Å². The summed E-state index contributed by atoms with van der Waals surface area (Å²) in [5.41, 5.74) is 7.38. The number of carbonyl (C=O) groups is 1. The Kier molecular flexibility index (Phi) is 1.43. The molecule has 2 aliphatic rings. The predicted molar refractivity (Wildman–Crippen MR) is 57.0 cm³/mol. The van der Waals surface area contributed by atoms with Gasteiger partial charge in [0, 0.05) is 16.2 Å². The van der Waals surface area contributed by atoms with E-state index in [-0.39, 0.29) is 11.9 Å². The average molecular weight is 253 g/mol. The largest absolute Gasteiger partial charge is 0.326 e. The molecule has 1 heterocycles. The van der Waals surface area contributed by atoms with E-state index in [9.17, 15) is 4.79 Å². The maximum atomic E-state index is 11.7. The van der Waals surface area contributed by atoms with E-state index >= 15 is 0 Å². The zero-order valence-corrected chi connectivity index (χ0v) is 8.97. The van der Waals surface area contributed by atoms with Gasteiger partial charge in [-0.2, -0.15) is 0 Å². The molecule has 1 amide bonds. The Morgan fingerprint density at radius 1 is 1.57 bits per heavy atom. The van der Waals surface area contributed by atoms with Crippen molar-refractivity contribution < 1.29 is 4.79 Å². The summed E-state index contributed by atoms with van der Waals surface area (Å²) in [4.78, 5) is 11.7. The Balaban J connectivity index is 2.22. The molecule has 4 heteroatoms. The number of nitrogens with two attached hydrogens (primary N) is 1. The number of nitrogens with one attached hydrogen (secondary N) is 1. The molecule has 1 aliphatic carbocycles. The van der Waals surface area contributed by atoms with Crippen LogP contribution in [0.5, 0.6) is 0 Å². The molecule has 2 unspecified atom stereocenters. The van der Waals surface area contributed by atoms with Crippen molar-refractivity contribution in [2.24, 2.45) is 5.73 Å². The minimum atomic E-state index is -0.418. The van der Waals surface area contributed by atoms with E-state index in [0.717, 1.165) is 22.1 Å². The maximum absolute atomic E-state index is 11.7. The monoisotopic (exact) mass is 252 g/mol. The van der Waals surface area contributed by atoms with Gasteiger partial charge in [-0.15, -0.1) is 0 Å². The molecule has 0 aromatic heterocycles. The number of benzene rings is 1. The predicted octanol–water partition coefficient (Wildman–Crippen LogP) is 1.37. The summed E-state index contributed by atoms with van der Waals surface area (Å²) >= 11 is 3.40. The van der Waals surface area contributed by atoms with Crippen LogP contribution in [-0.2, 0) is 10.2 Å². The summed E-state index contributed by atoms with van der Waals surface area (Å²) in [6.45, 7) is 0. The van der Waals surface area contributed by atoms with Crippen LogP contribution in [0, 0.1) is 0 Å². The normalized spacial score (nSPS) is 33.0. The molecule has 1 aromatic carbocycles. The SMILES string of the molecule is NC1CC12C(=O)Nc1ccc(Br)cc12. The summed E-state index contributed by atoms with van der Waals surface area (Å²) in [7, 11) is 0. The van der Waals surface area contributed by atoms with Gasteiger partial charge in [0.2, 0.25) is 5.91 Å². The van der Waals surface area contributed by atoms with E-state index in [1.54, 1.807) is 0 Å². The first kappa shape index (κ1) is 8.44. The Morgan fingerprint density at radius 2 is 2.29 bits per heavy atom. The number of halogens is 1. The third-order valence-electron chi connectivity index (χ3n) is 3.13. The third kappa shape index (κ3) is 0.828. The topological polar surface area (TPSA) is 55.1 Å². The first-order valence-corrected chi connectivity index (χ1v) is 5.31. The van der Waals surface area contributed by atoms with E-state index in [1.165, 1.54) is 0 Å². The van der Waals surface area contributed by atoms with E-state index in [4.69, 9.17) is 5.73 Å². The molecule has 1 aliphatic heterocycles. The molecule has 0 bridgehead atoms. The standard InChI is InChI=1S/C10H9BrN2O/c11-5-1-2-7-6(3-5)10(4-8(10)12)9(14)13-7/h1-3,8H,4,12H2,(H,13,14). The highest BCUT2D eigenvalue weighted by molar-refractivity contribution is 9.10. The molecule has 3 rings (SSSR count). The molecule has 1 fully saturated rings. The zero-order valence-electron chi connectivity index (χ0n) is 7.38. The second kappa shape index (κ2) is 2.38. The first-order chi connectivity index (χ1) is 6.64. The zero-order chi connectivity index (χ0) is 9.92. The van der Waals surface area contributed by atoms with Crippen molar-refractivity contribution in [3.8, 4) is 0 Å². The molecule has 3 N–H and O–H groups in total. The van der Waals surface area contributed by atoms with Crippen molar-refractivity contribution in [1.29, 1.82) is 0 Å². The van der Waals surface area contributed by atoms with E-state index < -0.39 is 5.41 Å². The van der Waals surface area contributed by atoms with Gasteiger partial charge in [0.15, 0.2) is 0 Å². The van der Waals surface area contributed by atoms with Crippen molar-refractivity contribution in [3.05, 3.63) is 28.2 Å². The minimum absolute atomic E-state index is 0.0157. The fourth-order valence-corrected chi connectivity index (χ4v) is 2.57. The third-order valence-corrected chi connectivity index (χ3v) is 3.62. The fourth-order valence-electron chi connectivity index (χ4n) is 2.21. The second-order valence-electron chi connectivity index (χ2n) is 3.93. The molecule has 14 heavy (non-hydrogen) atoms. The molecular formula is C10H9BrN2O. The Labute approximate surface area is 89.8 Å². The van der Waals surface area contributed by atoms with Crippen molar-refractivity contribution in [3.63, 3.8) is 0 Å². The van der Waals surface area contributed by atoms with Gasteiger partial charge in [-0.3, -0.25) is 4.79 Å². The molecule has 0 saturated heterocycles. The summed E-state index contributed by atoms with van der Waals surface area (Å²) in [5, 5.41) is 2.87. The smallest absolute Gasteiger partial charge is 0.236 e. The van der Waals surface area contributed by atoms with Gasteiger partial charge in [-0.25, -0.2) is 0 Å². The fraction of sp³-hybridized carbons (Fsp3) is 0.300. The molecule has 1 saturated carbocycles. The number of rotatable bonds is 0. The van der Waals surface area contributed by atoms with Gasteiger partial charge >= 0.3 is 0 Å². The number of amides is 1. The van der Waals surface area contributed by atoms with Gasteiger partial charge in [0.25, 0.3) is 0 Å². The highest BCUT2D eigenvalue weighted by Gasteiger charge is 2.63. The summed E-state index contributed by atoms with van der Waals surface area (Å²) in [5.74, 6) is 0.0538. The van der Waals surface area contributed by atoms with E-state index in [2.05, 4.69) is 21.2 Å². The average Bonchev–Trinajstić information content (AvgIpc) is 2.74. The van der Waals surface area contributed by atoms with Crippen LogP contribution in [0.15, 0.2) is 22.7 Å². The van der Waals surface area contributed by atoms with Gasteiger partial charge in [-0.05, 0) is 30.2 Å². The van der Waals surface area contributed by atoms with Crippen molar-refractivity contribution in [1.82, 2.24) is 0 Å². The first-order valence-electron chi connectivity index (χ1n) is 4.51. The summed E-state index contributed by atoms with van der Waals surface area (Å²) in [6.07, 6.45) is 0.766. The Bertz CT molecular complexity index is 446. The number of hydrogen-bond acceptors (Lipinski definition) is 2. The summed E-state index contributed by atoms with van der Waals surface area (Å²) in [6, 6.07) is 5.81. The quantitative estimate of drug-likeness (QED) is 0.733. The highest BCUT2D eigenvalue weighted by atomic mass is 79.9. The van der Waals surface area contributed by atoms with Crippen LogP contribution in [0.3, 0.4) is 0 Å². The molecule has 72 valence electrons. The van der Waals surface area contributed by atoms with Crippen LogP contribution in [0.1, 0.15) is 12.0 Å². The van der Waals surface area contributed by atoms with E-state index in [0.29, 0.717) is 0 Å². The van der Waals surface area contributed by atoms with E-state index in [1.807, 2.05) is 18.2 Å². The van der Waals surface area contributed by atoms with Crippen molar-refractivity contribution in [2.45, 2.75) is 17.9 Å². The van der Waals surface area contributed by atoms with Gasteiger partial charge in [0.1, 0.15) is 0 Å². The van der Waals surface area contributed by atoms with Crippen LogP contribution in [0.4, 0.5) is 5.69 Å². The highest BCUT2D eigenvalue weighted by Crippen LogP contribution is 2.54. The summed E-state index contributed by atoms with van der Waals surface area (Å²) < 4.78 is 0.992. The lowest BCUT2D eigenvalue weighted by atomic mass is 9.97. The lowest BCUT2D eigenvalue weighted by Crippen LogP contribution is -2.26. The number of fused-ring (bicyclic) bond motifs is 2. The minimum Gasteiger partial charge on any atom is -0.326 e. The molecular weight excluding hydrogens is 244 g/mol. The Hall–Kier alpha value is -0.870. The van der Waals surface area contributed by atoms with Crippen LogP contribution >= 0.6 is 15.9 Å². The lowest BCUT2D eigenvalue weighted by molar-refractivity contribution is -0.118. The van der Waals surface area contributed by atoms with Gasteiger partial charge < -0.3 is 11.1 Å². The molecule has 0 radical (unpaired) electrons.